The molecule has 1 N–H and O–H groups in total. The zero-order chi connectivity index (χ0) is 16.9. The summed E-state index contributed by atoms with van der Waals surface area (Å²) in [4.78, 5) is 16.8. The molecule has 2 aromatic carbocycles. The SMILES string of the molecule is C[C@H](NC(=O)/C(C#N)=C/C1=c2ccccc2=NC1)c1ccccc1. The molecular weight excluding hydrogens is 298 g/mol. The number of hydrogen-bond donors (Lipinski definition) is 1. The van der Waals surface area contributed by atoms with Crippen LogP contribution in [0.3, 0.4) is 0 Å². The van der Waals surface area contributed by atoms with Crippen molar-refractivity contribution in [1.29, 1.82) is 5.26 Å². The number of benzene rings is 2. The molecule has 1 heterocycles. The fourth-order valence-corrected chi connectivity index (χ4v) is 2.68. The van der Waals surface area contributed by atoms with Crippen molar-refractivity contribution < 1.29 is 4.79 Å². The van der Waals surface area contributed by atoms with E-state index < -0.39 is 0 Å². The molecule has 0 saturated heterocycles. The minimum atomic E-state index is -0.370. The van der Waals surface area contributed by atoms with Crippen LogP contribution in [0.15, 0.2) is 71.2 Å². The maximum absolute atomic E-state index is 12.4. The number of hydrogen-bond acceptors (Lipinski definition) is 3. The molecule has 0 fully saturated rings. The van der Waals surface area contributed by atoms with E-state index >= 15 is 0 Å². The molecule has 24 heavy (non-hydrogen) atoms. The van der Waals surface area contributed by atoms with Crippen LogP contribution >= 0.6 is 0 Å². The van der Waals surface area contributed by atoms with Crippen molar-refractivity contribution in [3.8, 4) is 6.07 Å². The van der Waals surface area contributed by atoms with Crippen molar-refractivity contribution in [3.63, 3.8) is 0 Å². The van der Waals surface area contributed by atoms with E-state index in [1.165, 1.54) is 0 Å². The van der Waals surface area contributed by atoms with Crippen LogP contribution in [0.25, 0.3) is 5.57 Å². The molecule has 1 aliphatic heterocycles. The molecule has 3 rings (SSSR count). The number of nitrogens with zero attached hydrogens (tertiary/aromatic N) is 2. The van der Waals surface area contributed by atoms with Gasteiger partial charge in [-0.2, -0.15) is 5.26 Å². The van der Waals surface area contributed by atoms with E-state index in [1.807, 2.05) is 67.6 Å². The fraction of sp³-hybridized carbons (Fsp3) is 0.150. The van der Waals surface area contributed by atoms with Crippen LogP contribution in [-0.2, 0) is 4.79 Å². The lowest BCUT2D eigenvalue weighted by Gasteiger charge is -2.13. The molecule has 0 spiro atoms. The van der Waals surface area contributed by atoms with E-state index in [4.69, 9.17) is 0 Å². The molecule has 1 atom stereocenters. The number of nitrogens with one attached hydrogen (secondary N) is 1. The average Bonchev–Trinajstić information content (AvgIpc) is 3.03. The van der Waals surface area contributed by atoms with Crippen molar-refractivity contribution in [2.24, 2.45) is 4.99 Å². The highest BCUT2D eigenvalue weighted by molar-refractivity contribution is 5.99. The van der Waals surface area contributed by atoms with Gasteiger partial charge in [0.1, 0.15) is 11.6 Å². The minimum absolute atomic E-state index is 0.0969. The van der Waals surface area contributed by atoms with Crippen LogP contribution in [0.5, 0.6) is 0 Å². The van der Waals surface area contributed by atoms with E-state index in [2.05, 4.69) is 10.3 Å². The zero-order valence-electron chi connectivity index (χ0n) is 13.4. The molecular formula is C20H17N3O. The van der Waals surface area contributed by atoms with Crippen LogP contribution in [-0.4, -0.2) is 12.5 Å². The Morgan fingerprint density at radius 3 is 2.67 bits per heavy atom. The molecule has 0 bridgehead atoms. The Labute approximate surface area is 140 Å². The average molecular weight is 315 g/mol. The van der Waals surface area contributed by atoms with Crippen LogP contribution in [0, 0.1) is 11.3 Å². The molecule has 2 aromatic rings. The first kappa shape index (κ1) is 15.7. The molecule has 0 radical (unpaired) electrons. The minimum Gasteiger partial charge on any atom is -0.345 e. The third-order valence-corrected chi connectivity index (χ3v) is 4.00. The van der Waals surface area contributed by atoms with E-state index in [0.29, 0.717) is 6.54 Å². The third kappa shape index (κ3) is 3.26. The van der Waals surface area contributed by atoms with Gasteiger partial charge in [-0.15, -0.1) is 0 Å². The van der Waals surface area contributed by atoms with Crippen molar-refractivity contribution in [2.45, 2.75) is 13.0 Å². The summed E-state index contributed by atoms with van der Waals surface area (Å²) in [6, 6.07) is 19.2. The molecule has 0 aliphatic carbocycles. The molecule has 118 valence electrons. The first-order valence-corrected chi connectivity index (χ1v) is 7.79. The summed E-state index contributed by atoms with van der Waals surface area (Å²) in [6.45, 7) is 2.39. The molecule has 1 aliphatic rings. The number of amides is 1. The fourth-order valence-electron chi connectivity index (χ4n) is 2.68. The Balaban J connectivity index is 1.84. The summed E-state index contributed by atoms with van der Waals surface area (Å²) < 4.78 is 0. The Morgan fingerprint density at radius 2 is 1.92 bits per heavy atom. The lowest BCUT2D eigenvalue weighted by atomic mass is 10.1. The third-order valence-electron chi connectivity index (χ3n) is 4.00. The van der Waals surface area contributed by atoms with E-state index in [9.17, 15) is 10.1 Å². The summed E-state index contributed by atoms with van der Waals surface area (Å²) in [6.07, 6.45) is 1.64. The monoisotopic (exact) mass is 315 g/mol. The number of para-hydroxylation sites is 1. The van der Waals surface area contributed by atoms with Crippen LogP contribution in [0.2, 0.25) is 0 Å². The quantitative estimate of drug-likeness (QED) is 0.690. The van der Waals surface area contributed by atoms with Gasteiger partial charge in [0.15, 0.2) is 0 Å². The lowest BCUT2D eigenvalue weighted by molar-refractivity contribution is -0.117. The Bertz CT molecular complexity index is 952. The van der Waals surface area contributed by atoms with Gasteiger partial charge in [0.25, 0.3) is 5.91 Å². The Kier molecular flexibility index (Phi) is 4.53. The zero-order valence-corrected chi connectivity index (χ0v) is 13.4. The highest BCUT2D eigenvalue weighted by Crippen LogP contribution is 2.13. The van der Waals surface area contributed by atoms with Gasteiger partial charge < -0.3 is 5.32 Å². The lowest BCUT2D eigenvalue weighted by Crippen LogP contribution is -2.28. The second-order valence-corrected chi connectivity index (χ2v) is 5.63. The second kappa shape index (κ2) is 6.93. The van der Waals surface area contributed by atoms with Gasteiger partial charge in [-0.1, -0.05) is 48.5 Å². The number of nitriles is 1. The number of carbonyl (C=O) groups excluding carboxylic acids is 1. The maximum atomic E-state index is 12.4. The summed E-state index contributed by atoms with van der Waals surface area (Å²) in [7, 11) is 0. The number of carbonyl (C=O) groups is 1. The number of rotatable bonds is 4. The van der Waals surface area contributed by atoms with Gasteiger partial charge >= 0.3 is 0 Å². The molecule has 0 unspecified atom stereocenters. The second-order valence-electron chi connectivity index (χ2n) is 5.63. The van der Waals surface area contributed by atoms with Gasteiger partial charge in [0.2, 0.25) is 0 Å². The molecule has 4 heteroatoms. The van der Waals surface area contributed by atoms with Crippen molar-refractivity contribution >= 4 is 11.5 Å². The van der Waals surface area contributed by atoms with Gasteiger partial charge in [-0.25, -0.2) is 0 Å². The largest absolute Gasteiger partial charge is 0.345 e. The summed E-state index contributed by atoms with van der Waals surface area (Å²) in [5.41, 5.74) is 1.99. The van der Waals surface area contributed by atoms with Crippen molar-refractivity contribution in [1.82, 2.24) is 5.32 Å². The predicted molar refractivity (Wildman–Crippen MR) is 92.2 cm³/mol. The van der Waals surface area contributed by atoms with E-state index in [0.717, 1.165) is 21.7 Å². The van der Waals surface area contributed by atoms with Gasteiger partial charge in [0, 0.05) is 5.22 Å². The smallest absolute Gasteiger partial charge is 0.262 e. The molecule has 0 saturated carbocycles. The van der Waals surface area contributed by atoms with Crippen LogP contribution in [0.4, 0.5) is 0 Å². The van der Waals surface area contributed by atoms with Crippen molar-refractivity contribution in [2.75, 3.05) is 6.54 Å². The van der Waals surface area contributed by atoms with Crippen LogP contribution in [0.1, 0.15) is 18.5 Å². The van der Waals surface area contributed by atoms with Gasteiger partial charge in [-0.3, -0.25) is 9.79 Å². The normalized spacial score (nSPS) is 14.3. The topological polar surface area (TPSA) is 65.2 Å². The maximum Gasteiger partial charge on any atom is 0.262 e. The molecule has 4 nitrogen and oxygen atoms in total. The highest BCUT2D eigenvalue weighted by atomic mass is 16.1. The van der Waals surface area contributed by atoms with E-state index in [1.54, 1.807) is 6.08 Å². The summed E-state index contributed by atoms with van der Waals surface area (Å²) in [5.74, 6) is -0.370. The first-order valence-electron chi connectivity index (χ1n) is 7.79. The van der Waals surface area contributed by atoms with E-state index in [-0.39, 0.29) is 17.5 Å². The number of fused-ring (bicyclic) bond motifs is 1. The van der Waals surface area contributed by atoms with Gasteiger partial charge in [0.05, 0.1) is 17.9 Å². The van der Waals surface area contributed by atoms with Crippen LogP contribution < -0.4 is 15.9 Å². The van der Waals surface area contributed by atoms with Gasteiger partial charge in [-0.05, 0) is 30.2 Å². The predicted octanol–water partition coefficient (Wildman–Crippen LogP) is 1.80. The Hall–Kier alpha value is -3.19. The standard InChI is InChI=1S/C20H17N3O/c1-14(15-7-3-2-4-8-15)23-20(24)16(12-21)11-17-13-22-19-10-6-5-9-18(17)19/h2-11,14H,13H2,1H3,(H,23,24)/b16-11+/t14-/m0/s1. The summed E-state index contributed by atoms with van der Waals surface area (Å²) >= 11 is 0. The first-order chi connectivity index (χ1) is 11.7. The highest BCUT2D eigenvalue weighted by Gasteiger charge is 2.15. The molecule has 1 amide bonds. The Morgan fingerprint density at radius 1 is 1.21 bits per heavy atom. The van der Waals surface area contributed by atoms with Crippen molar-refractivity contribution in [3.05, 3.63) is 82.4 Å². The molecule has 0 aromatic heterocycles. The summed E-state index contributed by atoms with van der Waals surface area (Å²) in [5, 5.41) is 14.1.